The molecule has 4 aromatic rings. The fourth-order valence-electron chi connectivity index (χ4n) is 3.08. The number of fused-ring (bicyclic) bond motifs is 1. The number of rotatable bonds is 6. The molecule has 0 atom stereocenters. The fourth-order valence-corrected chi connectivity index (χ4v) is 3.29. The van der Waals surface area contributed by atoms with Gasteiger partial charge in [0, 0.05) is 5.02 Å². The molecule has 0 radical (unpaired) electrons. The van der Waals surface area contributed by atoms with E-state index in [1.807, 2.05) is 66.7 Å². The highest BCUT2D eigenvalue weighted by Gasteiger charge is 2.10. The van der Waals surface area contributed by atoms with E-state index in [0.29, 0.717) is 34.5 Å². The van der Waals surface area contributed by atoms with Gasteiger partial charge in [0.2, 0.25) is 0 Å². The van der Waals surface area contributed by atoms with Crippen molar-refractivity contribution in [1.82, 2.24) is 9.97 Å². The highest BCUT2D eigenvalue weighted by Crippen LogP contribution is 2.30. The van der Waals surface area contributed by atoms with E-state index < -0.39 is 0 Å². The van der Waals surface area contributed by atoms with E-state index in [2.05, 4.69) is 16.0 Å². The van der Waals surface area contributed by atoms with E-state index >= 15 is 0 Å². The predicted molar refractivity (Wildman–Crippen MR) is 118 cm³/mol. The van der Waals surface area contributed by atoms with Crippen LogP contribution in [0.3, 0.4) is 0 Å². The number of aromatic nitrogens is 2. The lowest BCUT2D eigenvalue weighted by Gasteiger charge is -2.11. The van der Waals surface area contributed by atoms with Gasteiger partial charge < -0.3 is 14.5 Å². The number of H-pyrrole nitrogens is 1. The Labute approximate surface area is 179 Å². The monoisotopic (exact) mass is 415 g/mol. The van der Waals surface area contributed by atoms with Crippen molar-refractivity contribution in [3.05, 3.63) is 88.7 Å². The molecule has 6 heteroatoms. The third-order valence-electron chi connectivity index (χ3n) is 4.55. The van der Waals surface area contributed by atoms with Crippen LogP contribution in [-0.2, 0) is 6.61 Å². The third kappa shape index (κ3) is 4.29. The normalized spacial score (nSPS) is 11.3. The van der Waals surface area contributed by atoms with Gasteiger partial charge in [0.25, 0.3) is 0 Å². The molecule has 0 spiro atoms. The van der Waals surface area contributed by atoms with E-state index in [1.165, 1.54) is 0 Å². The van der Waals surface area contributed by atoms with E-state index in [4.69, 9.17) is 21.1 Å². The van der Waals surface area contributed by atoms with E-state index in [1.54, 1.807) is 13.2 Å². The van der Waals surface area contributed by atoms with Crippen LogP contribution < -0.4 is 9.47 Å². The lowest BCUT2D eigenvalue weighted by atomic mass is 10.1. The summed E-state index contributed by atoms with van der Waals surface area (Å²) < 4.78 is 11.4. The van der Waals surface area contributed by atoms with Crippen LogP contribution in [0.15, 0.2) is 66.7 Å². The van der Waals surface area contributed by atoms with Crippen LogP contribution in [0.4, 0.5) is 0 Å². The third-order valence-corrected chi connectivity index (χ3v) is 4.78. The Balaban J connectivity index is 1.58. The number of ether oxygens (including phenoxy) is 2. The number of nitrogens with zero attached hydrogens (tertiary/aromatic N) is 2. The van der Waals surface area contributed by atoms with Crippen molar-refractivity contribution in [2.45, 2.75) is 6.61 Å². The molecule has 0 unspecified atom stereocenters. The van der Waals surface area contributed by atoms with Crippen LogP contribution in [0.5, 0.6) is 11.5 Å². The van der Waals surface area contributed by atoms with Crippen molar-refractivity contribution in [2.75, 3.05) is 7.11 Å². The van der Waals surface area contributed by atoms with Crippen molar-refractivity contribution in [3.63, 3.8) is 0 Å². The number of benzene rings is 3. The minimum atomic E-state index is 0.370. The average molecular weight is 416 g/mol. The fraction of sp³-hybridized carbons (Fsp3) is 0.0833. The summed E-state index contributed by atoms with van der Waals surface area (Å²) in [5, 5.41) is 10.3. The molecule has 0 amide bonds. The number of nitriles is 1. The second-order valence-electron chi connectivity index (χ2n) is 6.60. The Morgan fingerprint density at radius 3 is 2.73 bits per heavy atom. The zero-order valence-electron chi connectivity index (χ0n) is 16.2. The number of imidazole rings is 1. The maximum Gasteiger partial charge on any atom is 0.161 e. The number of hydrogen-bond donors (Lipinski definition) is 1. The average Bonchev–Trinajstić information content (AvgIpc) is 3.20. The van der Waals surface area contributed by atoms with Crippen molar-refractivity contribution in [3.8, 4) is 17.6 Å². The van der Waals surface area contributed by atoms with E-state index in [0.717, 1.165) is 22.2 Å². The highest BCUT2D eigenvalue weighted by molar-refractivity contribution is 6.30. The largest absolute Gasteiger partial charge is 0.493 e. The summed E-state index contributed by atoms with van der Waals surface area (Å²) in [7, 11) is 1.58. The molecule has 0 aliphatic rings. The molecule has 1 aromatic heterocycles. The summed E-state index contributed by atoms with van der Waals surface area (Å²) in [5.41, 5.74) is 3.90. The van der Waals surface area contributed by atoms with Crippen LogP contribution in [0, 0.1) is 11.3 Å². The van der Waals surface area contributed by atoms with Crippen molar-refractivity contribution in [1.29, 1.82) is 5.26 Å². The molecule has 5 nitrogen and oxygen atoms in total. The lowest BCUT2D eigenvalue weighted by Crippen LogP contribution is -1.98. The van der Waals surface area contributed by atoms with E-state index in [9.17, 15) is 5.26 Å². The molecule has 1 heterocycles. The standard InChI is InChI=1S/C24H18ClN3O2/c1-29-23-13-16(9-10-22(23)30-15-17-5-4-6-19(25)12-17)11-18(14-26)24-27-20-7-2-3-8-21(20)28-24/h2-13H,15H2,1H3,(H,27,28). The molecule has 0 fully saturated rings. The predicted octanol–water partition coefficient (Wildman–Crippen LogP) is 5.87. The van der Waals surface area contributed by atoms with Gasteiger partial charge in [-0.2, -0.15) is 5.26 Å². The molecular weight excluding hydrogens is 398 g/mol. The summed E-state index contributed by atoms with van der Waals surface area (Å²) >= 11 is 6.02. The minimum Gasteiger partial charge on any atom is -0.493 e. The summed E-state index contributed by atoms with van der Waals surface area (Å²) in [4.78, 5) is 7.68. The van der Waals surface area contributed by atoms with Gasteiger partial charge in [-0.3, -0.25) is 0 Å². The van der Waals surface area contributed by atoms with Crippen molar-refractivity contribution < 1.29 is 9.47 Å². The molecule has 0 saturated heterocycles. The molecule has 4 rings (SSSR count). The number of allylic oxidation sites excluding steroid dienone is 1. The Morgan fingerprint density at radius 2 is 1.97 bits per heavy atom. The summed E-state index contributed by atoms with van der Waals surface area (Å²) in [6.45, 7) is 0.370. The Hall–Kier alpha value is -3.75. The van der Waals surface area contributed by atoms with Gasteiger partial charge in [-0.15, -0.1) is 0 Å². The molecule has 0 saturated carbocycles. The molecule has 3 aromatic carbocycles. The van der Waals surface area contributed by atoms with Gasteiger partial charge in [0.1, 0.15) is 18.5 Å². The SMILES string of the molecule is COc1cc(C=C(C#N)c2nc3ccccc3[nH]2)ccc1OCc1cccc(Cl)c1. The zero-order valence-corrected chi connectivity index (χ0v) is 17.0. The van der Waals surface area contributed by atoms with Crippen LogP contribution in [0.1, 0.15) is 17.0 Å². The van der Waals surface area contributed by atoms with Crippen LogP contribution >= 0.6 is 11.6 Å². The summed E-state index contributed by atoms with van der Waals surface area (Å²) in [6, 6.07) is 22.9. The molecule has 148 valence electrons. The molecular formula is C24H18ClN3O2. The topological polar surface area (TPSA) is 70.9 Å². The highest BCUT2D eigenvalue weighted by atomic mass is 35.5. The second kappa shape index (κ2) is 8.73. The van der Waals surface area contributed by atoms with Gasteiger partial charge in [0.15, 0.2) is 11.5 Å². The van der Waals surface area contributed by atoms with E-state index in [-0.39, 0.29) is 0 Å². The molecule has 30 heavy (non-hydrogen) atoms. The first-order valence-electron chi connectivity index (χ1n) is 9.28. The summed E-state index contributed by atoms with van der Waals surface area (Å²) in [5.74, 6) is 1.71. The maximum atomic E-state index is 9.63. The van der Waals surface area contributed by atoms with Gasteiger partial charge in [-0.1, -0.05) is 41.9 Å². The summed E-state index contributed by atoms with van der Waals surface area (Å²) in [6.07, 6.45) is 1.76. The number of nitrogens with one attached hydrogen (secondary N) is 1. The molecule has 0 aliphatic heterocycles. The number of methoxy groups -OCH3 is 1. The van der Waals surface area contributed by atoms with Gasteiger partial charge >= 0.3 is 0 Å². The molecule has 1 N–H and O–H groups in total. The van der Waals surface area contributed by atoms with Gasteiger partial charge in [0.05, 0.1) is 23.7 Å². The first kappa shape index (κ1) is 19.6. The molecule has 0 aliphatic carbocycles. The Kier molecular flexibility index (Phi) is 5.69. The van der Waals surface area contributed by atoms with Crippen LogP contribution in [-0.4, -0.2) is 17.1 Å². The van der Waals surface area contributed by atoms with Crippen LogP contribution in [0.25, 0.3) is 22.7 Å². The quantitative estimate of drug-likeness (QED) is 0.400. The van der Waals surface area contributed by atoms with Gasteiger partial charge in [-0.25, -0.2) is 4.98 Å². The number of aromatic amines is 1. The zero-order chi connectivity index (χ0) is 20.9. The Bertz CT molecular complexity index is 1240. The number of para-hydroxylation sites is 2. The van der Waals surface area contributed by atoms with Crippen molar-refractivity contribution >= 4 is 34.3 Å². The molecule has 0 bridgehead atoms. The van der Waals surface area contributed by atoms with Crippen molar-refractivity contribution in [2.24, 2.45) is 0 Å². The smallest absolute Gasteiger partial charge is 0.161 e. The van der Waals surface area contributed by atoms with Crippen LogP contribution in [0.2, 0.25) is 5.02 Å². The number of halogens is 1. The maximum absolute atomic E-state index is 9.63. The second-order valence-corrected chi connectivity index (χ2v) is 7.04. The number of hydrogen-bond acceptors (Lipinski definition) is 4. The first-order valence-corrected chi connectivity index (χ1v) is 9.66. The Morgan fingerprint density at radius 1 is 1.10 bits per heavy atom. The lowest BCUT2D eigenvalue weighted by molar-refractivity contribution is 0.284. The van der Waals surface area contributed by atoms with Gasteiger partial charge in [-0.05, 0) is 53.6 Å². The minimum absolute atomic E-state index is 0.370. The first-order chi connectivity index (χ1) is 14.7.